The third kappa shape index (κ3) is 3.22. The molecule has 0 aliphatic carbocycles. The summed E-state index contributed by atoms with van der Waals surface area (Å²) in [6.07, 6.45) is 1.21. The average Bonchev–Trinajstić information content (AvgIpc) is 3.12. The number of primary amides is 1. The summed E-state index contributed by atoms with van der Waals surface area (Å²) in [5.41, 5.74) is 7.58. The first-order valence-electron chi connectivity index (χ1n) is 8.86. The Labute approximate surface area is 161 Å². The van der Waals surface area contributed by atoms with Gasteiger partial charge in [-0.3, -0.25) is 9.35 Å². The van der Waals surface area contributed by atoms with E-state index in [-0.39, 0.29) is 25.6 Å². The lowest BCUT2D eigenvalue weighted by Crippen LogP contribution is -2.63. The van der Waals surface area contributed by atoms with Gasteiger partial charge in [0, 0.05) is 12.1 Å². The maximum absolute atomic E-state index is 13.0. The Morgan fingerprint density at radius 2 is 2.11 bits per heavy atom. The molecule has 4 N–H and O–H groups in total. The number of hydrogen-bond acceptors (Lipinski definition) is 7. The van der Waals surface area contributed by atoms with Crippen molar-refractivity contribution in [3.63, 3.8) is 0 Å². The number of hydrogen-bond donors (Lipinski definition) is 3. The van der Waals surface area contributed by atoms with Gasteiger partial charge in [0.1, 0.15) is 19.2 Å². The molecule has 12 heteroatoms. The van der Waals surface area contributed by atoms with E-state index in [1.54, 1.807) is 0 Å². The molecule has 1 aromatic carbocycles. The predicted octanol–water partition coefficient (Wildman–Crippen LogP) is -0.0421. The largest absolute Gasteiger partial charge is 0.477 e. The van der Waals surface area contributed by atoms with Crippen LogP contribution in [0, 0.1) is 0 Å². The molecule has 0 aromatic heterocycles. The number of hydroxylamine groups is 5. The SMILES string of the molecule is NC(=O)[C@@H]1CC[C@@H]2C[N+]1(OCC1Cc3ccccc3N1)C(=O)N2OS(=O)(=O)O. The van der Waals surface area contributed by atoms with E-state index in [1.165, 1.54) is 0 Å². The fourth-order valence-corrected chi connectivity index (χ4v) is 4.64. The zero-order valence-corrected chi connectivity index (χ0v) is 15.7. The molecular formula is C16H21N4O7S+. The van der Waals surface area contributed by atoms with E-state index in [0.29, 0.717) is 17.9 Å². The van der Waals surface area contributed by atoms with Crippen LogP contribution in [0.3, 0.4) is 0 Å². The Hall–Kier alpha value is -2.25. The lowest BCUT2D eigenvalue weighted by atomic mass is 10.00. The van der Waals surface area contributed by atoms with E-state index >= 15 is 0 Å². The standard InChI is InChI=1S/C16H20N4O7S/c17-15(21)14-6-5-12-8-20(14,16(22)19(12)27-28(23,24)25)26-9-11-7-10-3-1-2-4-13(10)18-11/h1-4,11-12,14,18H,5-9H2,(H2-,17,21,23,24,25)/p+1/t11?,12-,14+,20?/m1/s1. The third-order valence-electron chi connectivity index (χ3n) is 5.46. The number of urea groups is 1. The van der Waals surface area contributed by atoms with Gasteiger partial charge in [-0.2, -0.15) is 13.3 Å². The van der Waals surface area contributed by atoms with Gasteiger partial charge in [0.2, 0.25) is 6.04 Å². The van der Waals surface area contributed by atoms with Crippen LogP contribution < -0.4 is 11.1 Å². The molecule has 3 aliphatic rings. The van der Waals surface area contributed by atoms with Crippen molar-refractivity contribution in [1.29, 1.82) is 0 Å². The van der Waals surface area contributed by atoms with Crippen molar-refractivity contribution < 1.29 is 36.3 Å². The molecule has 1 aromatic rings. The summed E-state index contributed by atoms with van der Waals surface area (Å²) >= 11 is 0. The van der Waals surface area contributed by atoms with Crippen molar-refractivity contribution in [2.24, 2.45) is 5.73 Å². The minimum absolute atomic E-state index is 0.00162. The minimum Gasteiger partial charge on any atom is -0.379 e. The first-order chi connectivity index (χ1) is 13.2. The lowest BCUT2D eigenvalue weighted by molar-refractivity contribution is -1.05. The number of quaternary nitrogens is 1. The highest BCUT2D eigenvalue weighted by atomic mass is 32.3. The van der Waals surface area contributed by atoms with Gasteiger partial charge in [-0.25, -0.2) is 4.79 Å². The molecule has 152 valence electrons. The smallest absolute Gasteiger partial charge is 0.379 e. The molecule has 2 unspecified atom stereocenters. The van der Waals surface area contributed by atoms with E-state index in [4.69, 9.17) is 15.1 Å². The number of carbonyl (C=O) groups is 2. The maximum Gasteiger partial charge on any atom is 0.477 e. The number of amides is 3. The Balaban J connectivity index is 1.55. The van der Waals surface area contributed by atoms with Gasteiger partial charge < -0.3 is 11.1 Å². The van der Waals surface area contributed by atoms with Crippen LogP contribution >= 0.6 is 0 Å². The molecular weight excluding hydrogens is 392 g/mol. The summed E-state index contributed by atoms with van der Waals surface area (Å²) < 4.78 is 34.9. The van der Waals surface area contributed by atoms with Crippen LogP contribution in [0.2, 0.25) is 0 Å². The summed E-state index contributed by atoms with van der Waals surface area (Å²) in [5.74, 6) is -0.719. The number of anilines is 1. The van der Waals surface area contributed by atoms with Gasteiger partial charge in [-0.05, 0) is 24.5 Å². The first kappa shape index (κ1) is 19.1. The van der Waals surface area contributed by atoms with Crippen LogP contribution in [0.15, 0.2) is 24.3 Å². The molecule has 3 aliphatic heterocycles. The molecule has 4 atom stereocenters. The number of carbonyl (C=O) groups excluding carboxylic acids is 2. The Bertz CT molecular complexity index is 898. The second-order valence-electron chi connectivity index (χ2n) is 7.24. The van der Waals surface area contributed by atoms with Crippen LogP contribution in [0.25, 0.3) is 0 Å². The fourth-order valence-electron chi connectivity index (χ4n) is 4.26. The van der Waals surface area contributed by atoms with E-state index in [1.807, 2.05) is 24.3 Å². The number of fused-ring (bicyclic) bond motifs is 3. The second kappa shape index (κ2) is 6.67. The summed E-state index contributed by atoms with van der Waals surface area (Å²) in [7, 11) is -4.90. The van der Waals surface area contributed by atoms with Gasteiger partial charge in [-0.1, -0.05) is 22.8 Å². The van der Waals surface area contributed by atoms with Crippen LogP contribution in [0.4, 0.5) is 10.5 Å². The molecule has 0 radical (unpaired) electrons. The molecule has 28 heavy (non-hydrogen) atoms. The number of rotatable bonds is 6. The second-order valence-corrected chi connectivity index (χ2v) is 8.24. The molecule has 2 bridgehead atoms. The van der Waals surface area contributed by atoms with E-state index < -0.39 is 39.1 Å². The highest BCUT2D eigenvalue weighted by Gasteiger charge is 2.65. The molecule has 2 fully saturated rings. The number of nitrogens with zero attached hydrogens (tertiary/aromatic N) is 2. The van der Waals surface area contributed by atoms with Gasteiger partial charge >= 0.3 is 16.4 Å². The van der Waals surface area contributed by atoms with E-state index in [9.17, 15) is 18.0 Å². The normalized spacial score (nSPS) is 31.5. The quantitative estimate of drug-likeness (QED) is 0.434. The van der Waals surface area contributed by atoms with Crippen LogP contribution in [-0.4, -0.2) is 65.9 Å². The number of benzene rings is 1. The lowest BCUT2D eigenvalue weighted by Gasteiger charge is -2.35. The molecule has 4 rings (SSSR count). The number of nitrogens with two attached hydrogens (primary N) is 1. The Morgan fingerprint density at radius 1 is 1.36 bits per heavy atom. The summed E-state index contributed by atoms with van der Waals surface area (Å²) in [6.45, 7) is 0.0955. The van der Waals surface area contributed by atoms with Crippen molar-refractivity contribution in [1.82, 2.24) is 5.06 Å². The van der Waals surface area contributed by atoms with Crippen LogP contribution in [0.1, 0.15) is 18.4 Å². The maximum atomic E-state index is 13.0. The van der Waals surface area contributed by atoms with Crippen molar-refractivity contribution in [3.8, 4) is 0 Å². The van der Waals surface area contributed by atoms with E-state index in [0.717, 1.165) is 11.3 Å². The Kier molecular flexibility index (Phi) is 4.55. The molecule has 11 nitrogen and oxygen atoms in total. The zero-order chi connectivity index (χ0) is 20.1. The van der Waals surface area contributed by atoms with Crippen LogP contribution in [-0.2, 0) is 30.7 Å². The molecule has 3 heterocycles. The molecule has 0 saturated carbocycles. The topological polar surface area (TPSA) is 148 Å². The van der Waals surface area contributed by atoms with Gasteiger partial charge in [0.15, 0.2) is 0 Å². The van der Waals surface area contributed by atoms with Crippen molar-refractivity contribution >= 4 is 28.0 Å². The fraction of sp³-hybridized carbons (Fsp3) is 0.500. The number of para-hydroxylation sites is 1. The molecule has 2 saturated heterocycles. The zero-order valence-electron chi connectivity index (χ0n) is 14.9. The van der Waals surface area contributed by atoms with Crippen LogP contribution in [0.5, 0.6) is 0 Å². The highest BCUT2D eigenvalue weighted by Crippen LogP contribution is 2.39. The van der Waals surface area contributed by atoms with Gasteiger partial charge in [-0.15, -0.1) is 9.35 Å². The molecule has 0 spiro atoms. The molecule has 3 amide bonds. The number of nitrogens with one attached hydrogen (secondary N) is 1. The predicted molar refractivity (Wildman–Crippen MR) is 94.5 cm³/mol. The first-order valence-corrected chi connectivity index (χ1v) is 10.2. The van der Waals surface area contributed by atoms with Gasteiger partial charge in [0.25, 0.3) is 5.91 Å². The third-order valence-corrected chi connectivity index (χ3v) is 5.80. The number of piperidine rings is 1. The summed E-state index contributed by atoms with van der Waals surface area (Å²) in [5, 5.41) is 3.87. The summed E-state index contributed by atoms with van der Waals surface area (Å²) in [4.78, 5) is 30.9. The minimum atomic E-state index is -4.90. The summed E-state index contributed by atoms with van der Waals surface area (Å²) in [6, 6.07) is 5.14. The average molecular weight is 413 g/mol. The monoisotopic (exact) mass is 413 g/mol. The van der Waals surface area contributed by atoms with E-state index in [2.05, 4.69) is 9.60 Å². The van der Waals surface area contributed by atoms with Crippen molar-refractivity contribution in [2.75, 3.05) is 18.5 Å². The highest BCUT2D eigenvalue weighted by molar-refractivity contribution is 7.80. The van der Waals surface area contributed by atoms with Crippen molar-refractivity contribution in [2.45, 2.75) is 37.4 Å². The van der Waals surface area contributed by atoms with Crippen molar-refractivity contribution in [3.05, 3.63) is 29.8 Å². The van der Waals surface area contributed by atoms with Gasteiger partial charge in [0.05, 0.1) is 6.04 Å². The Morgan fingerprint density at radius 3 is 2.79 bits per heavy atom.